The molecule has 140 valence electrons. The molecule has 0 aromatic heterocycles. The van der Waals surface area contributed by atoms with Crippen LogP contribution in [-0.4, -0.2) is 52.8 Å². The van der Waals surface area contributed by atoms with Crippen LogP contribution in [0.2, 0.25) is 0 Å². The summed E-state index contributed by atoms with van der Waals surface area (Å²) in [6, 6.07) is 0.322. The first-order valence-electron chi connectivity index (χ1n) is 9.17. The molecule has 3 N–H and O–H groups in total. The Morgan fingerprint density at radius 3 is 2.62 bits per heavy atom. The molecule has 0 saturated heterocycles. The van der Waals surface area contributed by atoms with E-state index in [-0.39, 0.29) is 11.8 Å². The molecule has 1 amide bonds. The van der Waals surface area contributed by atoms with E-state index >= 15 is 0 Å². The van der Waals surface area contributed by atoms with Crippen LogP contribution in [0, 0.1) is 5.92 Å². The monoisotopic (exact) mass is 358 g/mol. The second-order valence-corrected chi connectivity index (χ2v) is 8.51. The highest BCUT2D eigenvalue weighted by Crippen LogP contribution is 2.22. The van der Waals surface area contributed by atoms with Crippen LogP contribution in [0.3, 0.4) is 0 Å². The summed E-state index contributed by atoms with van der Waals surface area (Å²) in [6.45, 7) is 9.67. The molecule has 3 unspecified atom stereocenters. The van der Waals surface area contributed by atoms with Gasteiger partial charge in [0.05, 0.1) is 6.54 Å². The molecule has 0 aromatic carbocycles. The van der Waals surface area contributed by atoms with Crippen molar-refractivity contribution < 1.29 is 9.00 Å². The van der Waals surface area contributed by atoms with E-state index in [2.05, 4.69) is 20.9 Å². The highest BCUT2D eigenvalue weighted by molar-refractivity contribution is 7.85. The van der Waals surface area contributed by atoms with E-state index in [1.54, 1.807) is 0 Å². The summed E-state index contributed by atoms with van der Waals surface area (Å²) in [5.74, 6) is 1.57. The van der Waals surface area contributed by atoms with Gasteiger partial charge in [-0.1, -0.05) is 27.2 Å². The topological polar surface area (TPSA) is 82.6 Å². The Labute approximate surface area is 149 Å². The molecule has 0 aliphatic heterocycles. The van der Waals surface area contributed by atoms with Gasteiger partial charge in [-0.25, -0.2) is 0 Å². The number of carbonyl (C=O) groups is 1. The van der Waals surface area contributed by atoms with Crippen LogP contribution in [0.15, 0.2) is 4.99 Å². The Balaban J connectivity index is 2.47. The Kier molecular flexibility index (Phi) is 9.98. The lowest BCUT2D eigenvalue weighted by atomic mass is 9.95. The molecule has 1 fully saturated rings. The molecule has 0 heterocycles. The van der Waals surface area contributed by atoms with E-state index in [9.17, 15) is 9.00 Å². The van der Waals surface area contributed by atoms with Gasteiger partial charge >= 0.3 is 0 Å². The van der Waals surface area contributed by atoms with Crippen LogP contribution in [-0.2, 0) is 15.6 Å². The number of amides is 1. The minimum Gasteiger partial charge on any atom is -0.357 e. The van der Waals surface area contributed by atoms with E-state index in [4.69, 9.17) is 0 Å². The fourth-order valence-corrected chi connectivity index (χ4v) is 4.16. The highest BCUT2D eigenvalue weighted by atomic mass is 32.2. The molecule has 1 saturated carbocycles. The smallest absolute Gasteiger partial charge is 0.222 e. The largest absolute Gasteiger partial charge is 0.357 e. The van der Waals surface area contributed by atoms with Crippen LogP contribution in [0.5, 0.6) is 0 Å². The first-order chi connectivity index (χ1) is 11.5. The predicted octanol–water partition coefficient (Wildman–Crippen LogP) is 1.39. The van der Waals surface area contributed by atoms with Crippen LogP contribution in [0.1, 0.15) is 53.4 Å². The number of rotatable bonds is 8. The van der Waals surface area contributed by atoms with Gasteiger partial charge in [-0.05, 0) is 26.2 Å². The van der Waals surface area contributed by atoms with E-state index in [1.165, 1.54) is 0 Å². The van der Waals surface area contributed by atoms with Crippen molar-refractivity contribution in [2.45, 2.75) is 64.7 Å². The van der Waals surface area contributed by atoms with Gasteiger partial charge in [0.1, 0.15) is 0 Å². The van der Waals surface area contributed by atoms with Crippen LogP contribution in [0.25, 0.3) is 0 Å². The van der Waals surface area contributed by atoms with Gasteiger partial charge in [0.2, 0.25) is 5.91 Å². The maximum Gasteiger partial charge on any atom is 0.222 e. The van der Waals surface area contributed by atoms with Crippen molar-refractivity contribution in [1.82, 2.24) is 16.0 Å². The number of nitrogens with one attached hydrogen (secondary N) is 3. The average molecular weight is 359 g/mol. The minimum absolute atomic E-state index is 0.000972. The van der Waals surface area contributed by atoms with Crippen molar-refractivity contribution in [2.75, 3.05) is 25.4 Å². The van der Waals surface area contributed by atoms with E-state index in [0.717, 1.165) is 43.9 Å². The van der Waals surface area contributed by atoms with E-state index in [1.807, 2.05) is 27.7 Å². The summed E-state index contributed by atoms with van der Waals surface area (Å²) >= 11 is 0. The Hall–Kier alpha value is -1.11. The van der Waals surface area contributed by atoms with Crippen LogP contribution < -0.4 is 16.0 Å². The number of hydrogen-bond donors (Lipinski definition) is 3. The number of nitrogens with zero attached hydrogens (tertiary/aromatic N) is 1. The van der Waals surface area contributed by atoms with Gasteiger partial charge in [0.25, 0.3) is 0 Å². The lowest BCUT2D eigenvalue weighted by Crippen LogP contribution is -2.47. The normalized spacial score (nSPS) is 23.0. The quantitative estimate of drug-likeness (QED) is 0.348. The number of carbonyl (C=O) groups excluding carboxylic acids is 1. The van der Waals surface area contributed by atoms with Gasteiger partial charge in [-0.3, -0.25) is 14.0 Å². The average Bonchev–Trinajstić information content (AvgIpc) is 2.57. The third-order valence-electron chi connectivity index (χ3n) is 4.17. The van der Waals surface area contributed by atoms with Crippen molar-refractivity contribution in [1.29, 1.82) is 0 Å². The zero-order valence-corrected chi connectivity index (χ0v) is 16.4. The van der Waals surface area contributed by atoms with Crippen molar-refractivity contribution in [3.8, 4) is 0 Å². The van der Waals surface area contributed by atoms with Gasteiger partial charge in [0.15, 0.2) is 5.96 Å². The molecule has 3 atom stereocenters. The Morgan fingerprint density at radius 1 is 1.25 bits per heavy atom. The summed E-state index contributed by atoms with van der Waals surface area (Å²) in [5.41, 5.74) is 0. The van der Waals surface area contributed by atoms with E-state index < -0.39 is 10.8 Å². The zero-order valence-electron chi connectivity index (χ0n) is 15.6. The summed E-state index contributed by atoms with van der Waals surface area (Å²) in [7, 11) is -0.717. The number of guanidine groups is 1. The second kappa shape index (κ2) is 11.4. The van der Waals surface area contributed by atoms with Crippen molar-refractivity contribution in [2.24, 2.45) is 10.9 Å². The van der Waals surface area contributed by atoms with Gasteiger partial charge in [0, 0.05) is 46.9 Å². The summed E-state index contributed by atoms with van der Waals surface area (Å²) in [5, 5.41) is 9.89. The fourth-order valence-electron chi connectivity index (χ4n) is 2.81. The second-order valence-electron chi connectivity index (χ2n) is 6.51. The van der Waals surface area contributed by atoms with Gasteiger partial charge in [-0.2, -0.15) is 0 Å². The molecule has 7 heteroatoms. The molecule has 0 aromatic rings. The maximum absolute atomic E-state index is 12.1. The third kappa shape index (κ3) is 7.64. The predicted molar refractivity (Wildman–Crippen MR) is 102 cm³/mol. The molecule has 1 aliphatic rings. The van der Waals surface area contributed by atoms with E-state index in [0.29, 0.717) is 24.4 Å². The number of hydrogen-bond acceptors (Lipinski definition) is 3. The molecule has 6 nitrogen and oxygen atoms in total. The first-order valence-corrected chi connectivity index (χ1v) is 10.6. The van der Waals surface area contributed by atoms with Crippen LogP contribution >= 0.6 is 0 Å². The van der Waals surface area contributed by atoms with Crippen molar-refractivity contribution >= 4 is 22.7 Å². The van der Waals surface area contributed by atoms with Crippen molar-refractivity contribution in [3.05, 3.63) is 0 Å². The SMILES string of the molecule is CCNC(=NCCNC(=O)C(C)C)NC1CCCC(S(=O)CC)C1. The van der Waals surface area contributed by atoms with Crippen molar-refractivity contribution in [3.63, 3.8) is 0 Å². The lowest BCUT2D eigenvalue weighted by Gasteiger charge is -2.30. The van der Waals surface area contributed by atoms with Gasteiger partial charge < -0.3 is 16.0 Å². The summed E-state index contributed by atoms with van der Waals surface area (Å²) in [6.07, 6.45) is 4.20. The summed E-state index contributed by atoms with van der Waals surface area (Å²) in [4.78, 5) is 16.1. The molecule has 1 rings (SSSR count). The lowest BCUT2D eigenvalue weighted by molar-refractivity contribution is -0.123. The molecule has 0 bridgehead atoms. The van der Waals surface area contributed by atoms with Crippen LogP contribution in [0.4, 0.5) is 0 Å². The third-order valence-corrected chi connectivity index (χ3v) is 5.91. The molecule has 0 radical (unpaired) electrons. The molecular weight excluding hydrogens is 324 g/mol. The fraction of sp³-hybridized carbons (Fsp3) is 0.882. The highest BCUT2D eigenvalue weighted by Gasteiger charge is 2.25. The standard InChI is InChI=1S/C17H34N4O2S/c1-5-18-17(20-11-10-19-16(22)13(3)4)21-14-8-7-9-15(12-14)24(23)6-2/h13-15H,5-12H2,1-4H3,(H,19,22)(H2,18,20,21). The molecule has 1 aliphatic carbocycles. The first kappa shape index (κ1) is 20.9. The molecular formula is C17H34N4O2S. The molecule has 24 heavy (non-hydrogen) atoms. The zero-order chi connectivity index (χ0) is 17.9. The molecule has 0 spiro atoms. The number of aliphatic imine (C=N–C) groups is 1. The Bertz CT molecular complexity index is 440. The Morgan fingerprint density at radius 2 is 2.00 bits per heavy atom. The maximum atomic E-state index is 12.1. The minimum atomic E-state index is -0.717. The summed E-state index contributed by atoms with van der Waals surface area (Å²) < 4.78 is 12.1. The van der Waals surface area contributed by atoms with Gasteiger partial charge in [-0.15, -0.1) is 0 Å².